The smallest absolute Gasteiger partial charge is 0.306 e. The number of carbonyl (C=O) groups is 3. The van der Waals surface area contributed by atoms with Crippen LogP contribution >= 0.6 is 0 Å². The van der Waals surface area contributed by atoms with Gasteiger partial charge in [-0.3, -0.25) is 14.4 Å². The van der Waals surface area contributed by atoms with Gasteiger partial charge in [-0.2, -0.15) is 0 Å². The van der Waals surface area contributed by atoms with Gasteiger partial charge in [0.1, 0.15) is 5.78 Å². The molecule has 1 aromatic rings. The minimum Gasteiger partial charge on any atom is -0.481 e. The van der Waals surface area contributed by atoms with Crippen LogP contribution in [0, 0.1) is 5.92 Å². The number of carboxylic acids is 1. The van der Waals surface area contributed by atoms with Gasteiger partial charge >= 0.3 is 5.97 Å². The van der Waals surface area contributed by atoms with Crippen LogP contribution in [-0.2, 0) is 20.8 Å². The number of amides is 1. The Kier molecular flexibility index (Phi) is 6.43. The second kappa shape index (κ2) is 8.09. The van der Waals surface area contributed by atoms with E-state index < -0.39 is 17.8 Å². The van der Waals surface area contributed by atoms with Crippen molar-refractivity contribution in [1.29, 1.82) is 0 Å². The van der Waals surface area contributed by atoms with Crippen LogP contribution in [0.2, 0.25) is 0 Å². The van der Waals surface area contributed by atoms with Crippen LogP contribution in [-0.4, -0.2) is 22.8 Å². The number of rotatable bonds is 9. The second-order valence-electron chi connectivity index (χ2n) is 4.77. The van der Waals surface area contributed by atoms with Crippen LogP contribution < -0.4 is 5.73 Å². The Morgan fingerprint density at radius 1 is 1.10 bits per heavy atom. The molecule has 0 saturated heterocycles. The molecule has 0 heterocycles. The summed E-state index contributed by atoms with van der Waals surface area (Å²) >= 11 is 0. The first-order chi connectivity index (χ1) is 9.49. The molecular formula is C15H19NO4. The summed E-state index contributed by atoms with van der Waals surface area (Å²) in [4.78, 5) is 33.5. The summed E-state index contributed by atoms with van der Waals surface area (Å²) in [7, 11) is 0. The Morgan fingerprint density at radius 2 is 1.75 bits per heavy atom. The Hall–Kier alpha value is -2.17. The molecule has 3 N–H and O–H groups in total. The number of carboxylic acid groups (broad SMARTS) is 1. The highest BCUT2D eigenvalue weighted by Crippen LogP contribution is 2.14. The van der Waals surface area contributed by atoms with Gasteiger partial charge in [-0.05, 0) is 18.4 Å². The number of benzene rings is 1. The van der Waals surface area contributed by atoms with Crippen LogP contribution in [0.5, 0.6) is 0 Å². The zero-order chi connectivity index (χ0) is 15.0. The third-order valence-corrected chi connectivity index (χ3v) is 3.10. The molecule has 0 unspecified atom stereocenters. The largest absolute Gasteiger partial charge is 0.481 e. The van der Waals surface area contributed by atoms with Crippen molar-refractivity contribution in [2.75, 3.05) is 0 Å². The van der Waals surface area contributed by atoms with Crippen molar-refractivity contribution in [3.8, 4) is 0 Å². The van der Waals surface area contributed by atoms with Gasteiger partial charge in [0.15, 0.2) is 0 Å². The Balaban J connectivity index is 2.41. The SMILES string of the molecule is NC(=O)CC[C@H](CC(=O)CCc1ccccc1)C(=O)O. The normalized spacial score (nSPS) is 11.8. The number of aliphatic carboxylic acids is 1. The molecule has 0 aliphatic heterocycles. The van der Waals surface area contributed by atoms with Crippen LogP contribution in [0.3, 0.4) is 0 Å². The zero-order valence-corrected chi connectivity index (χ0v) is 11.2. The van der Waals surface area contributed by atoms with Crippen molar-refractivity contribution >= 4 is 17.7 Å². The molecule has 5 heteroatoms. The van der Waals surface area contributed by atoms with Gasteiger partial charge in [0.05, 0.1) is 5.92 Å². The Labute approximate surface area is 117 Å². The Bertz CT molecular complexity index is 470. The average Bonchev–Trinajstić information content (AvgIpc) is 2.41. The summed E-state index contributed by atoms with van der Waals surface area (Å²) in [5, 5.41) is 9.02. The number of ketones is 1. The molecule has 1 rings (SSSR count). The standard InChI is InChI=1S/C15H19NO4/c16-14(18)9-7-12(15(19)20)10-13(17)8-6-11-4-2-1-3-5-11/h1-5,12H,6-10H2,(H2,16,18)(H,19,20)/t12-/m1/s1. The maximum atomic E-state index is 11.8. The highest BCUT2D eigenvalue weighted by Gasteiger charge is 2.21. The third-order valence-electron chi connectivity index (χ3n) is 3.10. The fraction of sp³-hybridized carbons (Fsp3) is 0.400. The average molecular weight is 277 g/mol. The molecule has 0 spiro atoms. The number of aryl methyl sites for hydroxylation is 1. The number of Topliss-reactive ketones (excluding diaryl/α,β-unsaturated/α-hetero) is 1. The van der Waals surface area contributed by atoms with Gasteiger partial charge in [0, 0.05) is 19.3 Å². The predicted octanol–water partition coefficient (Wildman–Crippen LogP) is 1.54. The molecule has 0 fully saturated rings. The van der Waals surface area contributed by atoms with Crippen molar-refractivity contribution in [2.45, 2.75) is 32.1 Å². The molecule has 0 radical (unpaired) electrons. The third kappa shape index (κ3) is 6.13. The number of nitrogens with two attached hydrogens (primary N) is 1. The maximum Gasteiger partial charge on any atom is 0.306 e. The lowest BCUT2D eigenvalue weighted by atomic mass is 9.94. The highest BCUT2D eigenvalue weighted by atomic mass is 16.4. The number of hydrogen-bond donors (Lipinski definition) is 2. The van der Waals surface area contributed by atoms with E-state index >= 15 is 0 Å². The molecule has 0 aliphatic carbocycles. The van der Waals surface area contributed by atoms with Crippen molar-refractivity contribution in [3.63, 3.8) is 0 Å². The number of primary amides is 1. The monoisotopic (exact) mass is 277 g/mol. The van der Waals surface area contributed by atoms with Crippen molar-refractivity contribution in [3.05, 3.63) is 35.9 Å². The number of carbonyl (C=O) groups excluding carboxylic acids is 2. The first-order valence-corrected chi connectivity index (χ1v) is 6.55. The topological polar surface area (TPSA) is 97.5 Å². The molecule has 1 aromatic carbocycles. The van der Waals surface area contributed by atoms with Crippen LogP contribution in [0.4, 0.5) is 0 Å². The zero-order valence-electron chi connectivity index (χ0n) is 11.2. The first-order valence-electron chi connectivity index (χ1n) is 6.55. The first kappa shape index (κ1) is 15.9. The lowest BCUT2D eigenvalue weighted by molar-refractivity contribution is -0.144. The van der Waals surface area contributed by atoms with Crippen molar-refractivity contribution in [2.24, 2.45) is 11.7 Å². The van der Waals surface area contributed by atoms with E-state index in [4.69, 9.17) is 10.8 Å². The van der Waals surface area contributed by atoms with E-state index in [1.165, 1.54) is 0 Å². The molecule has 0 aromatic heterocycles. The summed E-state index contributed by atoms with van der Waals surface area (Å²) in [6.45, 7) is 0. The van der Waals surface area contributed by atoms with E-state index in [-0.39, 0.29) is 25.0 Å². The number of hydrogen-bond acceptors (Lipinski definition) is 3. The highest BCUT2D eigenvalue weighted by molar-refractivity contribution is 5.84. The van der Waals surface area contributed by atoms with Gasteiger partial charge in [-0.15, -0.1) is 0 Å². The molecule has 0 saturated carbocycles. The van der Waals surface area contributed by atoms with Crippen molar-refractivity contribution in [1.82, 2.24) is 0 Å². The molecule has 0 bridgehead atoms. The van der Waals surface area contributed by atoms with E-state index in [1.54, 1.807) is 0 Å². The predicted molar refractivity (Wildman–Crippen MR) is 73.9 cm³/mol. The van der Waals surface area contributed by atoms with E-state index in [1.807, 2.05) is 30.3 Å². The quantitative estimate of drug-likeness (QED) is 0.715. The van der Waals surface area contributed by atoms with E-state index in [2.05, 4.69) is 0 Å². The van der Waals surface area contributed by atoms with Gasteiger partial charge in [-0.1, -0.05) is 30.3 Å². The molecule has 20 heavy (non-hydrogen) atoms. The molecule has 5 nitrogen and oxygen atoms in total. The van der Waals surface area contributed by atoms with Crippen LogP contribution in [0.15, 0.2) is 30.3 Å². The van der Waals surface area contributed by atoms with Gasteiger partial charge in [0.2, 0.25) is 5.91 Å². The molecule has 1 atom stereocenters. The summed E-state index contributed by atoms with van der Waals surface area (Å²) < 4.78 is 0. The second-order valence-corrected chi connectivity index (χ2v) is 4.77. The minimum atomic E-state index is -1.06. The fourth-order valence-electron chi connectivity index (χ4n) is 1.93. The van der Waals surface area contributed by atoms with Gasteiger partial charge in [0.25, 0.3) is 0 Å². The van der Waals surface area contributed by atoms with Gasteiger partial charge < -0.3 is 10.8 Å². The maximum absolute atomic E-state index is 11.8. The lowest BCUT2D eigenvalue weighted by Crippen LogP contribution is -2.21. The van der Waals surface area contributed by atoms with E-state index in [9.17, 15) is 14.4 Å². The van der Waals surface area contributed by atoms with Crippen LogP contribution in [0.25, 0.3) is 0 Å². The summed E-state index contributed by atoms with van der Waals surface area (Å²) in [5.74, 6) is -2.54. The molecule has 0 aliphatic rings. The lowest BCUT2D eigenvalue weighted by Gasteiger charge is -2.10. The van der Waals surface area contributed by atoms with Crippen LogP contribution in [0.1, 0.15) is 31.2 Å². The summed E-state index contributed by atoms with van der Waals surface area (Å²) in [6.07, 6.45) is 0.965. The summed E-state index contributed by atoms with van der Waals surface area (Å²) in [5.41, 5.74) is 6.04. The van der Waals surface area contributed by atoms with Crippen molar-refractivity contribution < 1.29 is 19.5 Å². The fourth-order valence-corrected chi connectivity index (χ4v) is 1.93. The molecular weight excluding hydrogens is 258 g/mol. The van der Waals surface area contributed by atoms with Gasteiger partial charge in [-0.25, -0.2) is 0 Å². The van der Waals surface area contributed by atoms with E-state index in [0.717, 1.165) is 5.56 Å². The summed E-state index contributed by atoms with van der Waals surface area (Å²) in [6, 6.07) is 9.54. The molecule has 108 valence electrons. The molecule has 1 amide bonds. The Morgan fingerprint density at radius 3 is 2.30 bits per heavy atom. The van der Waals surface area contributed by atoms with E-state index in [0.29, 0.717) is 12.8 Å². The minimum absolute atomic E-state index is 0.0110.